The van der Waals surface area contributed by atoms with Gasteiger partial charge in [0.1, 0.15) is 0 Å². The average Bonchev–Trinajstić information content (AvgIpc) is 1.85. The Morgan fingerprint density at radius 1 is 1.25 bits per heavy atom. The zero-order valence-corrected chi connectivity index (χ0v) is 10.5. The van der Waals surface area contributed by atoms with Crippen molar-refractivity contribution in [3.63, 3.8) is 0 Å². The highest BCUT2D eigenvalue weighted by atomic mass is 35.9. The van der Waals surface area contributed by atoms with Gasteiger partial charge < -0.3 is 0 Å². The molecule has 0 aliphatic carbocycles. The van der Waals surface area contributed by atoms with E-state index in [1.165, 1.54) is 0 Å². The van der Waals surface area contributed by atoms with Crippen molar-refractivity contribution in [1.29, 1.82) is 0 Å². The smallest absolute Gasteiger partial charge is 0.286 e. The maximum atomic E-state index is 11.0. The van der Waals surface area contributed by atoms with Crippen LogP contribution >= 0.6 is 63.1 Å². The van der Waals surface area contributed by atoms with Gasteiger partial charge in [-0.15, -0.1) is 11.6 Å². The van der Waals surface area contributed by atoms with Gasteiger partial charge in [0.05, 0.1) is 0 Å². The highest BCUT2D eigenvalue weighted by Crippen LogP contribution is 2.72. The quantitative estimate of drug-likeness (QED) is 0.406. The molecule has 0 aliphatic rings. The van der Waals surface area contributed by atoms with Gasteiger partial charge in [0.15, 0.2) is 4.07 Å². The monoisotopic (exact) mass is 288 g/mol. The highest BCUT2D eigenvalue weighted by Gasteiger charge is 2.41. The maximum Gasteiger partial charge on any atom is 0.288 e. The molecule has 7 heteroatoms. The van der Waals surface area contributed by atoms with Crippen molar-refractivity contribution in [2.75, 3.05) is 5.88 Å². The molecule has 0 bridgehead atoms. The van der Waals surface area contributed by atoms with Gasteiger partial charge in [-0.1, -0.05) is 35.4 Å². The standard InChI is InChI=1S/C5H6Cl5OP/c6-4-2-1-3-5(7,8)12(9,10)11/h1-2H,3-4H2/b2-1+. The summed E-state index contributed by atoms with van der Waals surface area (Å²) < 4.78 is 9.40. The average molecular weight is 290 g/mol. The Hall–Kier alpha value is 1.42. The van der Waals surface area contributed by atoms with E-state index in [2.05, 4.69) is 0 Å². The molecule has 0 radical (unpaired) electrons. The molecule has 0 spiro atoms. The Balaban J connectivity index is 4.24. The number of hydrogen-bond acceptors (Lipinski definition) is 1. The Morgan fingerprint density at radius 2 is 1.75 bits per heavy atom. The van der Waals surface area contributed by atoms with Gasteiger partial charge in [-0.25, -0.2) is 0 Å². The molecule has 0 N–H and O–H groups in total. The van der Waals surface area contributed by atoms with Crippen LogP contribution in [0.25, 0.3) is 0 Å². The van der Waals surface area contributed by atoms with Crippen molar-refractivity contribution in [1.82, 2.24) is 0 Å². The summed E-state index contributed by atoms with van der Waals surface area (Å²) in [6.07, 6.45) is 3.29. The molecule has 0 rings (SSSR count). The summed E-state index contributed by atoms with van der Waals surface area (Å²) >= 11 is 27.1. The first kappa shape index (κ1) is 13.4. The molecule has 0 saturated heterocycles. The highest BCUT2D eigenvalue weighted by molar-refractivity contribution is 8.11. The van der Waals surface area contributed by atoms with Crippen LogP contribution in [-0.4, -0.2) is 9.95 Å². The topological polar surface area (TPSA) is 17.1 Å². The third-order valence-electron chi connectivity index (χ3n) is 1.00. The first-order valence-corrected chi connectivity index (χ1v) is 7.70. The van der Waals surface area contributed by atoms with Crippen LogP contribution in [0.2, 0.25) is 0 Å². The fraction of sp³-hybridized carbons (Fsp3) is 0.600. The number of allylic oxidation sites excluding steroid dienone is 2. The molecule has 12 heavy (non-hydrogen) atoms. The maximum absolute atomic E-state index is 11.0. The number of halogens is 5. The molecule has 0 aliphatic heterocycles. The number of alkyl halides is 3. The molecule has 0 fully saturated rings. The van der Waals surface area contributed by atoms with Gasteiger partial charge >= 0.3 is 0 Å². The Bertz CT molecular complexity index is 208. The Kier molecular flexibility index (Phi) is 5.97. The van der Waals surface area contributed by atoms with Crippen LogP contribution in [0.3, 0.4) is 0 Å². The van der Waals surface area contributed by atoms with Gasteiger partial charge in [-0.2, -0.15) is 0 Å². The summed E-state index contributed by atoms with van der Waals surface area (Å²) in [7, 11) is 0. The second kappa shape index (κ2) is 5.34. The minimum Gasteiger partial charge on any atom is -0.286 e. The second-order valence-corrected chi connectivity index (χ2v) is 9.34. The van der Waals surface area contributed by atoms with E-state index in [1.807, 2.05) is 0 Å². The molecule has 0 aromatic rings. The summed E-state index contributed by atoms with van der Waals surface area (Å²) in [4.78, 5) is 0. The van der Waals surface area contributed by atoms with Gasteiger partial charge in [0.2, 0.25) is 0 Å². The van der Waals surface area contributed by atoms with Gasteiger partial charge in [0, 0.05) is 12.3 Å². The van der Waals surface area contributed by atoms with Crippen LogP contribution in [-0.2, 0) is 4.57 Å². The van der Waals surface area contributed by atoms with Gasteiger partial charge in [-0.3, -0.25) is 4.57 Å². The van der Waals surface area contributed by atoms with Crippen LogP contribution in [0.15, 0.2) is 12.2 Å². The first-order chi connectivity index (χ1) is 5.31. The zero-order chi connectivity index (χ0) is 9.83. The predicted molar refractivity (Wildman–Crippen MR) is 58.2 cm³/mol. The van der Waals surface area contributed by atoms with E-state index in [9.17, 15) is 4.57 Å². The van der Waals surface area contributed by atoms with Crippen molar-refractivity contribution in [2.24, 2.45) is 0 Å². The third-order valence-corrected chi connectivity index (χ3v) is 6.63. The number of rotatable bonds is 4. The lowest BCUT2D eigenvalue weighted by Gasteiger charge is -2.17. The van der Waals surface area contributed by atoms with Crippen molar-refractivity contribution in [2.45, 2.75) is 10.5 Å². The van der Waals surface area contributed by atoms with Crippen molar-refractivity contribution >= 4 is 63.1 Å². The van der Waals surface area contributed by atoms with E-state index in [1.54, 1.807) is 12.2 Å². The first-order valence-electron chi connectivity index (χ1n) is 2.89. The summed E-state index contributed by atoms with van der Waals surface area (Å²) in [6, 6.07) is 0. The molecule has 0 saturated carbocycles. The van der Waals surface area contributed by atoms with Gasteiger partial charge in [-0.05, 0) is 22.5 Å². The zero-order valence-electron chi connectivity index (χ0n) is 5.81. The predicted octanol–water partition coefficient (Wildman–Crippen LogP) is 4.97. The summed E-state index contributed by atoms with van der Waals surface area (Å²) in [6.45, 7) is 0. The van der Waals surface area contributed by atoms with Crippen LogP contribution in [0.1, 0.15) is 6.42 Å². The van der Waals surface area contributed by atoms with Crippen molar-refractivity contribution < 1.29 is 4.57 Å². The van der Waals surface area contributed by atoms with Crippen LogP contribution in [0, 0.1) is 0 Å². The summed E-state index contributed by atoms with van der Waals surface area (Å²) in [5.74, 6) is -3.20. The van der Waals surface area contributed by atoms with E-state index in [-0.39, 0.29) is 6.42 Å². The Labute approximate surface area is 95.9 Å². The molecule has 0 aromatic carbocycles. The largest absolute Gasteiger partial charge is 0.288 e. The molecular formula is C5H6Cl5OP. The number of hydrogen-bond donors (Lipinski definition) is 0. The summed E-state index contributed by atoms with van der Waals surface area (Å²) in [5.41, 5.74) is 0. The minimum atomic E-state index is -3.53. The van der Waals surface area contributed by atoms with Crippen LogP contribution in [0.4, 0.5) is 0 Å². The molecule has 0 amide bonds. The second-order valence-electron chi connectivity index (χ2n) is 1.96. The van der Waals surface area contributed by atoms with Crippen molar-refractivity contribution in [3.05, 3.63) is 12.2 Å². The fourth-order valence-electron chi connectivity index (χ4n) is 0.394. The lowest BCUT2D eigenvalue weighted by atomic mass is 10.4. The molecular weight excluding hydrogens is 284 g/mol. The van der Waals surface area contributed by atoms with E-state index in [0.717, 1.165) is 0 Å². The van der Waals surface area contributed by atoms with E-state index in [0.29, 0.717) is 5.88 Å². The Morgan fingerprint density at radius 3 is 2.08 bits per heavy atom. The lowest BCUT2D eigenvalue weighted by molar-refractivity contribution is 0.588. The lowest BCUT2D eigenvalue weighted by Crippen LogP contribution is -2.05. The third kappa shape index (κ3) is 4.60. The van der Waals surface area contributed by atoms with Crippen LogP contribution in [0.5, 0.6) is 0 Å². The van der Waals surface area contributed by atoms with Crippen molar-refractivity contribution in [3.8, 4) is 0 Å². The summed E-state index contributed by atoms with van der Waals surface area (Å²) in [5, 5.41) is 0. The van der Waals surface area contributed by atoms with Crippen LogP contribution < -0.4 is 0 Å². The fourth-order valence-corrected chi connectivity index (χ4v) is 1.43. The van der Waals surface area contributed by atoms with E-state index in [4.69, 9.17) is 57.3 Å². The SMILES string of the molecule is O=P(Cl)(Cl)C(Cl)(Cl)C/C=C/CCl. The molecule has 1 nitrogen and oxygen atoms in total. The normalized spacial score (nSPS) is 14.1. The van der Waals surface area contributed by atoms with E-state index >= 15 is 0 Å². The van der Waals surface area contributed by atoms with Gasteiger partial charge in [0.25, 0.3) is 5.85 Å². The molecule has 72 valence electrons. The molecule has 0 aromatic heterocycles. The molecule has 0 unspecified atom stereocenters. The molecule has 0 atom stereocenters. The van der Waals surface area contributed by atoms with E-state index < -0.39 is 9.92 Å². The molecule has 0 heterocycles. The minimum absolute atomic E-state index is 0.104.